The van der Waals surface area contributed by atoms with Crippen molar-refractivity contribution in [3.05, 3.63) is 47.0 Å². The first-order chi connectivity index (χ1) is 13.1. The molecule has 0 unspecified atom stereocenters. The maximum absolute atomic E-state index is 6.77. The van der Waals surface area contributed by atoms with Gasteiger partial charge in [-0.15, -0.1) is 0 Å². The average Bonchev–Trinajstić information content (AvgIpc) is 2.75. The van der Waals surface area contributed by atoms with E-state index in [2.05, 4.69) is 19.9 Å². The lowest BCUT2D eigenvalue weighted by Crippen LogP contribution is -1.87. The number of rotatable bonds is 1. The molecule has 8 heteroatoms. The molecule has 2 rings (SSSR count). The van der Waals surface area contributed by atoms with Crippen molar-refractivity contribution in [2.45, 2.75) is 69.7 Å². The van der Waals surface area contributed by atoms with Crippen molar-refractivity contribution in [1.82, 2.24) is 19.9 Å². The Balaban J connectivity index is -0.0000000572. The highest BCUT2D eigenvalue weighted by Crippen LogP contribution is 1.97. The Morgan fingerprint density at radius 2 is 1.11 bits per heavy atom. The average molecular weight is 435 g/mol. The number of hydrogen-bond donors (Lipinski definition) is 2. The van der Waals surface area contributed by atoms with Crippen LogP contribution in [0.5, 0.6) is 0 Å². The van der Waals surface area contributed by atoms with Crippen molar-refractivity contribution >= 4 is 35.6 Å². The summed E-state index contributed by atoms with van der Waals surface area (Å²) in [7, 11) is 0. The van der Waals surface area contributed by atoms with Crippen LogP contribution in [0.1, 0.15) is 75.4 Å². The van der Waals surface area contributed by atoms with E-state index in [4.69, 9.17) is 34.0 Å². The molecule has 0 aliphatic heterocycles. The van der Waals surface area contributed by atoms with Gasteiger partial charge in [0.2, 0.25) is 10.6 Å². The van der Waals surface area contributed by atoms with Gasteiger partial charge in [-0.1, -0.05) is 62.8 Å². The van der Waals surface area contributed by atoms with E-state index in [-0.39, 0.29) is 12.7 Å². The fourth-order valence-electron chi connectivity index (χ4n) is 0.709. The van der Waals surface area contributed by atoms with Crippen LogP contribution in [0.4, 0.5) is 0 Å². The molecule has 0 saturated heterocycles. The van der Waals surface area contributed by atoms with E-state index in [9.17, 15) is 0 Å². The van der Waals surface area contributed by atoms with Crippen molar-refractivity contribution in [2.75, 3.05) is 0 Å². The number of nitrogens with zero attached hydrogens (tertiary/aromatic N) is 4. The van der Waals surface area contributed by atoms with Gasteiger partial charge in [-0.05, 0) is 48.5 Å². The topological polar surface area (TPSA) is 99.3 Å². The number of nitrogens with one attached hydrogen (secondary N) is 2. The highest BCUT2D eigenvalue weighted by molar-refractivity contribution is 6.28. The number of aromatic nitrogens is 4. The monoisotopic (exact) mass is 434 g/mol. The van der Waals surface area contributed by atoms with Crippen LogP contribution in [0, 0.1) is 10.8 Å². The summed E-state index contributed by atoms with van der Waals surface area (Å²) in [6.07, 6.45) is 7.06. The minimum Gasteiger partial charge on any atom is -0.313 e. The summed E-state index contributed by atoms with van der Waals surface area (Å²) >= 11 is 10.7. The molecule has 0 amide bonds. The maximum atomic E-state index is 6.77. The molecule has 0 spiro atoms. The molecule has 2 heterocycles. The predicted octanol–water partition coefficient (Wildman–Crippen LogP) is 7.65. The summed E-state index contributed by atoms with van der Waals surface area (Å²) in [4.78, 5) is 14.6. The van der Waals surface area contributed by atoms with E-state index in [0.717, 1.165) is 6.21 Å². The zero-order chi connectivity index (χ0) is 22.5. The fraction of sp³-hybridized carbons (Fsp3) is 0.500. The largest absolute Gasteiger partial charge is 0.313 e. The molecular weight excluding hydrogens is 395 g/mol. The second-order valence-corrected chi connectivity index (χ2v) is 3.38. The van der Waals surface area contributed by atoms with Gasteiger partial charge in [0.1, 0.15) is 0 Å². The van der Waals surface area contributed by atoms with Crippen molar-refractivity contribution in [3.63, 3.8) is 0 Å². The predicted molar refractivity (Wildman–Crippen MR) is 129 cm³/mol. The first kappa shape index (κ1) is 40.7. The smallest absolute Gasteiger partial charge is 0.222 e. The minimum absolute atomic E-state index is 0. The number of hydrogen-bond acceptors (Lipinski definition) is 6. The van der Waals surface area contributed by atoms with Crippen molar-refractivity contribution in [1.29, 1.82) is 10.8 Å². The van der Waals surface area contributed by atoms with Gasteiger partial charge in [0, 0.05) is 24.8 Å². The number of halogens is 2. The lowest BCUT2D eigenvalue weighted by Gasteiger charge is -1.87. The van der Waals surface area contributed by atoms with E-state index in [1.165, 1.54) is 12.4 Å². The lowest BCUT2D eigenvalue weighted by molar-refractivity contribution is 1.15. The summed E-state index contributed by atoms with van der Waals surface area (Å²) in [5, 5.41) is 13.3. The molecule has 0 aliphatic carbocycles. The molecule has 0 radical (unpaired) electrons. The first-order valence-electron chi connectivity index (χ1n) is 9.00. The maximum Gasteiger partial charge on any atom is 0.222 e. The molecule has 0 aromatic carbocycles. The van der Waals surface area contributed by atoms with Crippen LogP contribution in [-0.2, 0) is 0 Å². The van der Waals surface area contributed by atoms with Crippen LogP contribution in [0.15, 0.2) is 30.7 Å². The van der Waals surface area contributed by atoms with Crippen LogP contribution >= 0.6 is 23.2 Å². The van der Waals surface area contributed by atoms with Gasteiger partial charge in [-0.3, -0.25) is 0 Å². The molecule has 28 heavy (non-hydrogen) atoms. The molecule has 0 aliphatic rings. The van der Waals surface area contributed by atoms with Crippen LogP contribution in [0.25, 0.3) is 0 Å². The highest BCUT2D eigenvalue weighted by Gasteiger charge is 1.89. The van der Waals surface area contributed by atoms with E-state index in [1.807, 2.05) is 55.4 Å². The van der Waals surface area contributed by atoms with E-state index >= 15 is 0 Å². The quantitative estimate of drug-likeness (QED) is 0.355. The van der Waals surface area contributed by atoms with Crippen LogP contribution in [0.3, 0.4) is 0 Å². The van der Waals surface area contributed by atoms with Crippen molar-refractivity contribution in [2.24, 2.45) is 0 Å². The summed E-state index contributed by atoms with van der Waals surface area (Å²) in [5.74, 6) is 0. The minimum atomic E-state index is 0. The molecular formula is C20H40Cl2N6. The molecule has 0 saturated carbocycles. The highest BCUT2D eigenvalue weighted by atomic mass is 35.5. The second-order valence-electron chi connectivity index (χ2n) is 2.70. The molecule has 2 N–H and O–H groups in total. The molecule has 164 valence electrons. The van der Waals surface area contributed by atoms with Crippen molar-refractivity contribution in [3.8, 4) is 0 Å². The van der Waals surface area contributed by atoms with Gasteiger partial charge in [-0.2, -0.15) is 0 Å². The summed E-state index contributed by atoms with van der Waals surface area (Å²) < 4.78 is 0. The van der Waals surface area contributed by atoms with Gasteiger partial charge in [0.15, 0.2) is 0 Å². The second kappa shape index (κ2) is 44.5. The van der Waals surface area contributed by atoms with Gasteiger partial charge >= 0.3 is 0 Å². The van der Waals surface area contributed by atoms with Gasteiger partial charge < -0.3 is 10.8 Å². The lowest BCUT2D eigenvalue weighted by atomic mass is 10.4. The third-order valence-corrected chi connectivity index (χ3v) is 1.71. The normalized spacial score (nSPS) is 6.39. The Kier molecular flexibility index (Phi) is 64.6. The van der Waals surface area contributed by atoms with Crippen LogP contribution in [-0.4, -0.2) is 32.4 Å². The SMILES string of the molecule is C.CC.CC.CC.CC.CC=N.Clc1ncccn1.N=Cc1ccnc(Cl)n1. The molecule has 0 fully saturated rings. The first-order valence-corrected chi connectivity index (χ1v) is 9.76. The Morgan fingerprint density at radius 1 is 0.750 bits per heavy atom. The third kappa shape index (κ3) is 39.2. The van der Waals surface area contributed by atoms with Crippen LogP contribution in [0.2, 0.25) is 10.6 Å². The van der Waals surface area contributed by atoms with E-state index < -0.39 is 0 Å². The Hall–Kier alpha value is -1.92. The third-order valence-electron chi connectivity index (χ3n) is 1.33. The van der Waals surface area contributed by atoms with Gasteiger partial charge in [0.25, 0.3) is 0 Å². The molecule has 0 bridgehead atoms. The van der Waals surface area contributed by atoms with E-state index in [1.54, 1.807) is 31.5 Å². The fourth-order valence-corrected chi connectivity index (χ4v) is 0.976. The summed E-state index contributed by atoms with van der Waals surface area (Å²) in [6, 6.07) is 3.32. The zero-order valence-electron chi connectivity index (χ0n) is 18.1. The van der Waals surface area contributed by atoms with Gasteiger partial charge in [0.05, 0.1) is 5.69 Å². The Morgan fingerprint density at radius 3 is 1.32 bits per heavy atom. The van der Waals surface area contributed by atoms with Crippen molar-refractivity contribution < 1.29 is 0 Å². The molecule has 0 atom stereocenters. The van der Waals surface area contributed by atoms with E-state index in [0.29, 0.717) is 11.0 Å². The van der Waals surface area contributed by atoms with Crippen LogP contribution < -0.4 is 0 Å². The molecule has 6 nitrogen and oxygen atoms in total. The molecule has 2 aromatic heterocycles. The molecule has 2 aromatic rings. The Labute approximate surface area is 183 Å². The van der Waals surface area contributed by atoms with Gasteiger partial charge in [-0.25, -0.2) is 19.9 Å². The zero-order valence-corrected chi connectivity index (χ0v) is 19.6. The summed E-state index contributed by atoms with van der Waals surface area (Å²) in [6.45, 7) is 17.7. The summed E-state index contributed by atoms with van der Waals surface area (Å²) in [5.41, 5.74) is 0.523. The Bertz CT molecular complexity index is 497. The standard InChI is InChI=1S/C5H4ClN3.C4H3ClN2.C2H5N.4C2H6.CH4/c6-5-8-2-1-4(3-7)9-5;5-4-6-2-1-3-7-4;1-2-3;4*1-2;/h1-3,7H;1-3H;2-3H,1H3;4*1-2H3;1H4.